The first-order valence-electron chi connectivity index (χ1n) is 8.83. The highest BCUT2D eigenvalue weighted by atomic mass is 16.2. The van der Waals surface area contributed by atoms with E-state index in [4.69, 9.17) is 0 Å². The summed E-state index contributed by atoms with van der Waals surface area (Å²) in [7, 11) is 0. The fourth-order valence-electron chi connectivity index (χ4n) is 3.00. The fourth-order valence-corrected chi connectivity index (χ4v) is 3.00. The maximum absolute atomic E-state index is 12.8. The third-order valence-electron chi connectivity index (χ3n) is 4.45. The number of fused-ring (bicyclic) bond motifs is 1. The number of pyridine rings is 1. The minimum Gasteiger partial charge on any atom is -0.341 e. The lowest BCUT2D eigenvalue weighted by atomic mass is 10.0. The molecule has 3 N–H and O–H groups in total. The van der Waals surface area contributed by atoms with Gasteiger partial charge in [-0.2, -0.15) is 5.10 Å². The third kappa shape index (κ3) is 3.44. The monoisotopic (exact) mass is 360 g/mol. The number of imidazole rings is 1. The van der Waals surface area contributed by atoms with Gasteiger partial charge < -0.3 is 10.3 Å². The maximum atomic E-state index is 12.8. The zero-order valence-electron chi connectivity index (χ0n) is 15.1. The largest absolute Gasteiger partial charge is 0.341 e. The topological polar surface area (TPSA) is 99.3 Å². The fraction of sp³-hybridized carbons (Fsp3) is 0.200. The van der Waals surface area contributed by atoms with Crippen molar-refractivity contribution in [2.75, 3.05) is 0 Å². The van der Waals surface area contributed by atoms with Crippen molar-refractivity contribution in [1.82, 2.24) is 30.5 Å². The molecule has 3 aromatic heterocycles. The normalized spacial score (nSPS) is 12.4. The Morgan fingerprint density at radius 1 is 1.11 bits per heavy atom. The summed E-state index contributed by atoms with van der Waals surface area (Å²) in [6.07, 6.45) is 3.39. The molecule has 4 aromatic rings. The predicted molar refractivity (Wildman–Crippen MR) is 103 cm³/mol. The highest BCUT2D eigenvalue weighted by Gasteiger charge is 2.23. The molecule has 0 radical (unpaired) electrons. The van der Waals surface area contributed by atoms with Crippen LogP contribution in [0.2, 0.25) is 0 Å². The van der Waals surface area contributed by atoms with Gasteiger partial charge in [0.1, 0.15) is 11.5 Å². The first kappa shape index (κ1) is 17.0. The van der Waals surface area contributed by atoms with Gasteiger partial charge in [-0.3, -0.25) is 14.9 Å². The molecule has 1 aromatic carbocycles. The van der Waals surface area contributed by atoms with Gasteiger partial charge in [-0.15, -0.1) is 0 Å². The zero-order valence-corrected chi connectivity index (χ0v) is 15.1. The molecule has 4 rings (SSSR count). The lowest BCUT2D eigenvalue weighted by Crippen LogP contribution is -2.32. The number of nitrogens with one attached hydrogen (secondary N) is 3. The minimum atomic E-state index is -0.238. The highest BCUT2D eigenvalue weighted by Crippen LogP contribution is 2.23. The number of aromatic nitrogens is 5. The van der Waals surface area contributed by atoms with Gasteiger partial charge in [0.05, 0.1) is 22.8 Å². The second-order valence-electron chi connectivity index (χ2n) is 6.74. The number of benzene rings is 1. The number of rotatable bonds is 5. The second-order valence-corrected chi connectivity index (χ2v) is 6.74. The number of para-hydroxylation sites is 2. The van der Waals surface area contributed by atoms with Gasteiger partial charge >= 0.3 is 0 Å². The molecule has 0 aliphatic carbocycles. The van der Waals surface area contributed by atoms with Crippen molar-refractivity contribution in [2.45, 2.75) is 19.9 Å². The van der Waals surface area contributed by atoms with Crippen molar-refractivity contribution < 1.29 is 4.79 Å². The van der Waals surface area contributed by atoms with E-state index in [0.717, 1.165) is 22.4 Å². The molecule has 0 saturated heterocycles. The summed E-state index contributed by atoms with van der Waals surface area (Å²) in [6, 6.07) is 13.0. The standard InChI is InChI=1S/C20H20N6O/c1-12(2)18(19-22-14-5-3-4-6-15(14)23-19)24-20(27)17-11-16(25-26-17)13-7-9-21-10-8-13/h3-12,18H,1-2H3,(H,22,23)(H,24,27)(H,25,26)/t18-/m1/s1. The van der Waals surface area contributed by atoms with Crippen molar-refractivity contribution in [3.63, 3.8) is 0 Å². The van der Waals surface area contributed by atoms with Crippen LogP contribution in [0, 0.1) is 5.92 Å². The van der Waals surface area contributed by atoms with Crippen LogP contribution in [0.4, 0.5) is 0 Å². The molecule has 7 nitrogen and oxygen atoms in total. The van der Waals surface area contributed by atoms with Crippen LogP contribution in [0.5, 0.6) is 0 Å². The van der Waals surface area contributed by atoms with Crippen LogP contribution in [0.15, 0.2) is 54.9 Å². The maximum Gasteiger partial charge on any atom is 0.269 e. The summed E-state index contributed by atoms with van der Waals surface area (Å²) < 4.78 is 0. The second kappa shape index (κ2) is 7.03. The Morgan fingerprint density at radius 3 is 2.63 bits per heavy atom. The quantitative estimate of drug-likeness (QED) is 0.507. The molecule has 0 fully saturated rings. The van der Waals surface area contributed by atoms with E-state index in [9.17, 15) is 4.79 Å². The third-order valence-corrected chi connectivity index (χ3v) is 4.45. The first-order valence-corrected chi connectivity index (χ1v) is 8.83. The van der Waals surface area contributed by atoms with Crippen LogP contribution < -0.4 is 5.32 Å². The van der Waals surface area contributed by atoms with Crippen LogP contribution in [-0.4, -0.2) is 31.1 Å². The molecule has 3 heterocycles. The Hall–Kier alpha value is -3.48. The average Bonchev–Trinajstić information content (AvgIpc) is 3.33. The minimum absolute atomic E-state index is 0.164. The summed E-state index contributed by atoms with van der Waals surface area (Å²) in [5.41, 5.74) is 3.84. The summed E-state index contributed by atoms with van der Waals surface area (Å²) in [5, 5.41) is 10.1. The number of hydrogen-bond donors (Lipinski definition) is 3. The van der Waals surface area contributed by atoms with E-state index in [2.05, 4.69) is 30.5 Å². The number of carbonyl (C=O) groups is 1. The molecule has 7 heteroatoms. The van der Waals surface area contributed by atoms with Gasteiger partial charge in [-0.05, 0) is 36.2 Å². The molecule has 0 unspecified atom stereocenters. The molecule has 0 aliphatic heterocycles. The van der Waals surface area contributed by atoms with Gasteiger partial charge in [-0.1, -0.05) is 26.0 Å². The van der Waals surface area contributed by atoms with Crippen molar-refractivity contribution in [2.24, 2.45) is 5.92 Å². The van der Waals surface area contributed by atoms with Crippen LogP contribution in [0.25, 0.3) is 22.3 Å². The van der Waals surface area contributed by atoms with Crippen LogP contribution in [0.3, 0.4) is 0 Å². The van der Waals surface area contributed by atoms with Crippen molar-refractivity contribution in [1.29, 1.82) is 0 Å². The lowest BCUT2D eigenvalue weighted by molar-refractivity contribution is 0.0918. The summed E-state index contributed by atoms with van der Waals surface area (Å²) in [5.74, 6) is 0.687. The van der Waals surface area contributed by atoms with E-state index >= 15 is 0 Å². The van der Waals surface area contributed by atoms with Crippen molar-refractivity contribution >= 4 is 16.9 Å². The van der Waals surface area contributed by atoms with E-state index < -0.39 is 0 Å². The molecule has 1 amide bonds. The van der Waals surface area contributed by atoms with Gasteiger partial charge in [0.2, 0.25) is 0 Å². The van der Waals surface area contributed by atoms with Gasteiger partial charge in [-0.25, -0.2) is 4.98 Å². The Balaban J connectivity index is 1.57. The highest BCUT2D eigenvalue weighted by molar-refractivity contribution is 5.93. The van der Waals surface area contributed by atoms with E-state index in [-0.39, 0.29) is 17.9 Å². The number of nitrogens with zero attached hydrogens (tertiary/aromatic N) is 3. The molecule has 136 valence electrons. The molecular formula is C20H20N6O. The number of amides is 1. The molecule has 1 atom stereocenters. The summed E-state index contributed by atoms with van der Waals surface area (Å²) >= 11 is 0. The molecule has 0 spiro atoms. The Labute approximate surface area is 156 Å². The van der Waals surface area contributed by atoms with E-state index in [1.54, 1.807) is 18.5 Å². The Morgan fingerprint density at radius 2 is 1.89 bits per heavy atom. The molecule has 0 bridgehead atoms. The molecule has 27 heavy (non-hydrogen) atoms. The van der Waals surface area contributed by atoms with Crippen molar-refractivity contribution in [3.05, 3.63) is 66.4 Å². The summed E-state index contributed by atoms with van der Waals surface area (Å²) in [4.78, 5) is 24.7. The van der Waals surface area contributed by atoms with Crippen LogP contribution in [0.1, 0.15) is 36.2 Å². The smallest absolute Gasteiger partial charge is 0.269 e. The Kier molecular flexibility index (Phi) is 4.42. The number of carbonyl (C=O) groups excluding carboxylic acids is 1. The zero-order chi connectivity index (χ0) is 18.8. The lowest BCUT2D eigenvalue weighted by Gasteiger charge is -2.19. The van der Waals surface area contributed by atoms with E-state index in [1.165, 1.54) is 0 Å². The number of hydrogen-bond acceptors (Lipinski definition) is 4. The van der Waals surface area contributed by atoms with E-state index in [0.29, 0.717) is 11.4 Å². The van der Waals surface area contributed by atoms with E-state index in [1.807, 2.05) is 50.2 Å². The number of aromatic amines is 2. The van der Waals surface area contributed by atoms with Crippen molar-refractivity contribution in [3.8, 4) is 11.3 Å². The molecular weight excluding hydrogens is 340 g/mol. The van der Waals surface area contributed by atoms with Gasteiger partial charge in [0, 0.05) is 18.0 Å². The van der Waals surface area contributed by atoms with Crippen LogP contribution in [-0.2, 0) is 0 Å². The summed E-state index contributed by atoms with van der Waals surface area (Å²) in [6.45, 7) is 4.10. The SMILES string of the molecule is CC(C)[C@@H](NC(=O)c1cc(-c2ccncc2)n[nH]1)c1nc2ccccc2[nH]1. The average molecular weight is 360 g/mol. The van der Waals surface area contributed by atoms with Crippen LogP contribution >= 0.6 is 0 Å². The van der Waals surface area contributed by atoms with Gasteiger partial charge in [0.15, 0.2) is 0 Å². The predicted octanol–water partition coefficient (Wildman–Crippen LogP) is 3.48. The molecule has 0 aliphatic rings. The molecule has 0 saturated carbocycles. The number of H-pyrrole nitrogens is 2. The Bertz CT molecular complexity index is 1030. The first-order chi connectivity index (χ1) is 13.1. The van der Waals surface area contributed by atoms with Gasteiger partial charge in [0.25, 0.3) is 5.91 Å².